The minimum Gasteiger partial charge on any atom is -0.369 e. The zero-order chi connectivity index (χ0) is 7.72. The smallest absolute Gasteiger partial charge is 0.238 e. The van der Waals surface area contributed by atoms with E-state index in [0.717, 1.165) is 0 Å². The standard InChI is InChI=1S/C6H9F2NO/c7-5(8)2-3-1-4(3)6(9)10/h3-5H,1-2H2,(H2,9,10)/t3-,4-/m0/s1. The Bertz CT molecular complexity index is 149. The van der Waals surface area contributed by atoms with E-state index in [1.54, 1.807) is 0 Å². The van der Waals surface area contributed by atoms with Crippen LogP contribution in [0.1, 0.15) is 12.8 Å². The van der Waals surface area contributed by atoms with E-state index < -0.39 is 12.3 Å². The fraction of sp³-hybridized carbons (Fsp3) is 0.833. The van der Waals surface area contributed by atoms with Gasteiger partial charge in [-0.15, -0.1) is 0 Å². The molecule has 0 aliphatic heterocycles. The van der Waals surface area contributed by atoms with Gasteiger partial charge in [0.15, 0.2) is 0 Å². The summed E-state index contributed by atoms with van der Waals surface area (Å²) in [5, 5.41) is 0. The van der Waals surface area contributed by atoms with Crippen molar-refractivity contribution in [3.05, 3.63) is 0 Å². The van der Waals surface area contributed by atoms with Crippen LogP contribution >= 0.6 is 0 Å². The molecule has 2 nitrogen and oxygen atoms in total. The summed E-state index contributed by atoms with van der Waals surface area (Å²) in [6.07, 6.45) is -1.91. The molecule has 0 aromatic heterocycles. The summed E-state index contributed by atoms with van der Waals surface area (Å²) in [6.45, 7) is 0. The second-order valence-corrected chi connectivity index (χ2v) is 2.63. The van der Waals surface area contributed by atoms with Gasteiger partial charge in [-0.3, -0.25) is 4.79 Å². The Morgan fingerprint density at radius 1 is 1.70 bits per heavy atom. The van der Waals surface area contributed by atoms with Gasteiger partial charge < -0.3 is 5.73 Å². The first-order valence-corrected chi connectivity index (χ1v) is 3.18. The molecular formula is C6H9F2NO. The predicted molar refractivity (Wildman–Crippen MR) is 31.4 cm³/mol. The molecule has 1 rings (SSSR count). The van der Waals surface area contributed by atoms with Crippen molar-refractivity contribution in [2.24, 2.45) is 17.6 Å². The number of amides is 1. The molecule has 0 saturated heterocycles. The Kier molecular flexibility index (Phi) is 1.87. The summed E-state index contributed by atoms with van der Waals surface area (Å²) in [5.41, 5.74) is 4.88. The van der Waals surface area contributed by atoms with E-state index in [1.807, 2.05) is 0 Å². The van der Waals surface area contributed by atoms with Crippen molar-refractivity contribution >= 4 is 5.91 Å². The highest BCUT2D eigenvalue weighted by molar-refractivity contribution is 5.79. The summed E-state index contributed by atoms with van der Waals surface area (Å²) < 4.78 is 23.2. The van der Waals surface area contributed by atoms with Crippen LogP contribution in [0.2, 0.25) is 0 Å². The van der Waals surface area contributed by atoms with Gasteiger partial charge in [-0.05, 0) is 12.3 Å². The minimum atomic E-state index is -2.30. The van der Waals surface area contributed by atoms with Crippen molar-refractivity contribution in [3.8, 4) is 0 Å². The topological polar surface area (TPSA) is 43.1 Å². The zero-order valence-corrected chi connectivity index (χ0v) is 5.39. The fourth-order valence-electron chi connectivity index (χ4n) is 1.09. The molecule has 1 aliphatic rings. The lowest BCUT2D eigenvalue weighted by atomic mass is 10.2. The summed E-state index contributed by atoms with van der Waals surface area (Å²) in [7, 11) is 0. The number of carbonyl (C=O) groups is 1. The molecular weight excluding hydrogens is 140 g/mol. The molecule has 4 heteroatoms. The van der Waals surface area contributed by atoms with Gasteiger partial charge in [0.05, 0.1) is 0 Å². The summed E-state index contributed by atoms with van der Waals surface area (Å²) in [5.74, 6) is -0.850. The lowest BCUT2D eigenvalue weighted by Crippen LogP contribution is -2.14. The van der Waals surface area contributed by atoms with Crippen LogP contribution in [0, 0.1) is 11.8 Å². The van der Waals surface area contributed by atoms with Gasteiger partial charge >= 0.3 is 0 Å². The Morgan fingerprint density at radius 2 is 2.30 bits per heavy atom. The van der Waals surface area contributed by atoms with Gasteiger partial charge in [-0.25, -0.2) is 8.78 Å². The second kappa shape index (κ2) is 2.52. The van der Waals surface area contributed by atoms with E-state index in [0.29, 0.717) is 6.42 Å². The fourth-order valence-corrected chi connectivity index (χ4v) is 1.09. The van der Waals surface area contributed by atoms with E-state index in [-0.39, 0.29) is 18.3 Å². The molecule has 0 spiro atoms. The van der Waals surface area contributed by atoms with Crippen LogP contribution in [-0.2, 0) is 4.79 Å². The third-order valence-corrected chi connectivity index (χ3v) is 1.77. The second-order valence-electron chi connectivity index (χ2n) is 2.63. The highest BCUT2D eigenvalue weighted by Crippen LogP contribution is 2.42. The molecule has 1 amide bonds. The van der Waals surface area contributed by atoms with E-state index in [9.17, 15) is 13.6 Å². The lowest BCUT2D eigenvalue weighted by Gasteiger charge is -1.94. The average molecular weight is 149 g/mol. The van der Waals surface area contributed by atoms with Gasteiger partial charge in [0, 0.05) is 12.3 Å². The average Bonchev–Trinajstić information content (AvgIpc) is 2.43. The largest absolute Gasteiger partial charge is 0.369 e. The Hall–Kier alpha value is -0.670. The number of hydrogen-bond donors (Lipinski definition) is 1. The number of carbonyl (C=O) groups excluding carboxylic acids is 1. The number of alkyl halides is 2. The van der Waals surface area contributed by atoms with Gasteiger partial charge in [-0.2, -0.15) is 0 Å². The van der Waals surface area contributed by atoms with Crippen LogP contribution in [0.4, 0.5) is 8.78 Å². The van der Waals surface area contributed by atoms with E-state index in [4.69, 9.17) is 5.73 Å². The number of primary amides is 1. The maximum atomic E-state index is 11.6. The van der Waals surface area contributed by atoms with E-state index >= 15 is 0 Å². The highest BCUT2D eigenvalue weighted by Gasteiger charge is 2.42. The molecule has 1 aliphatic carbocycles. The molecule has 1 fully saturated rings. The SMILES string of the molecule is NC(=O)[C@H]1C[C@H]1CC(F)F. The maximum Gasteiger partial charge on any atom is 0.238 e. The van der Waals surface area contributed by atoms with E-state index in [2.05, 4.69) is 0 Å². The van der Waals surface area contributed by atoms with Gasteiger partial charge in [0.2, 0.25) is 12.3 Å². The number of hydrogen-bond acceptors (Lipinski definition) is 1. The third kappa shape index (κ3) is 1.65. The lowest BCUT2D eigenvalue weighted by molar-refractivity contribution is -0.119. The minimum absolute atomic E-state index is 0.141. The van der Waals surface area contributed by atoms with Crippen molar-refractivity contribution in [3.63, 3.8) is 0 Å². The van der Waals surface area contributed by atoms with Crippen molar-refractivity contribution < 1.29 is 13.6 Å². The van der Waals surface area contributed by atoms with Crippen LogP contribution in [0.15, 0.2) is 0 Å². The molecule has 0 radical (unpaired) electrons. The predicted octanol–water partition coefficient (Wildman–Crippen LogP) is 0.763. The first kappa shape index (κ1) is 7.44. The highest BCUT2D eigenvalue weighted by atomic mass is 19.3. The summed E-state index contributed by atoms with van der Waals surface area (Å²) in [4.78, 5) is 10.3. The molecule has 2 N–H and O–H groups in total. The molecule has 2 atom stereocenters. The quantitative estimate of drug-likeness (QED) is 0.632. The monoisotopic (exact) mass is 149 g/mol. The van der Waals surface area contributed by atoms with E-state index in [1.165, 1.54) is 0 Å². The molecule has 0 aromatic rings. The Morgan fingerprint density at radius 3 is 2.60 bits per heavy atom. The number of nitrogens with two attached hydrogens (primary N) is 1. The zero-order valence-electron chi connectivity index (χ0n) is 5.39. The maximum absolute atomic E-state index is 11.6. The van der Waals surface area contributed by atoms with Crippen molar-refractivity contribution in [2.75, 3.05) is 0 Å². The first-order valence-electron chi connectivity index (χ1n) is 3.18. The van der Waals surface area contributed by atoms with Crippen molar-refractivity contribution in [2.45, 2.75) is 19.3 Å². The third-order valence-electron chi connectivity index (χ3n) is 1.77. The molecule has 10 heavy (non-hydrogen) atoms. The van der Waals surface area contributed by atoms with Crippen LogP contribution in [-0.4, -0.2) is 12.3 Å². The van der Waals surface area contributed by atoms with Crippen LogP contribution in [0.25, 0.3) is 0 Å². The van der Waals surface area contributed by atoms with Crippen molar-refractivity contribution in [1.82, 2.24) is 0 Å². The summed E-state index contributed by atoms with van der Waals surface area (Å²) in [6, 6.07) is 0. The molecule has 0 heterocycles. The van der Waals surface area contributed by atoms with Crippen molar-refractivity contribution in [1.29, 1.82) is 0 Å². The molecule has 0 unspecified atom stereocenters. The Labute approximate surface area is 57.4 Å². The normalized spacial score (nSPS) is 30.7. The summed E-state index contributed by atoms with van der Waals surface area (Å²) >= 11 is 0. The van der Waals surface area contributed by atoms with Gasteiger partial charge in [0.25, 0.3) is 0 Å². The molecule has 1 saturated carbocycles. The first-order chi connectivity index (χ1) is 4.61. The molecule has 0 bridgehead atoms. The number of halogens is 2. The number of rotatable bonds is 3. The van der Waals surface area contributed by atoms with Gasteiger partial charge in [0.1, 0.15) is 0 Å². The van der Waals surface area contributed by atoms with Crippen LogP contribution in [0.5, 0.6) is 0 Å². The van der Waals surface area contributed by atoms with Gasteiger partial charge in [-0.1, -0.05) is 0 Å². The van der Waals surface area contributed by atoms with Crippen LogP contribution in [0.3, 0.4) is 0 Å². The Balaban J connectivity index is 2.20. The molecule has 58 valence electrons. The van der Waals surface area contributed by atoms with Crippen LogP contribution < -0.4 is 5.73 Å². The molecule has 0 aromatic carbocycles.